The Morgan fingerprint density at radius 3 is 2.35 bits per heavy atom. The number of hydrogen-bond acceptors (Lipinski definition) is 7. The summed E-state index contributed by atoms with van der Waals surface area (Å²) >= 11 is 0. The van der Waals surface area contributed by atoms with Gasteiger partial charge in [-0.1, -0.05) is 0 Å². The normalized spacial score (nSPS) is 36.8. The Balaban J connectivity index is 2.14. The Morgan fingerprint density at radius 2 is 1.85 bits per heavy atom. The fourth-order valence-electron chi connectivity index (χ4n) is 2.53. The molecule has 0 amide bonds. The number of carbonyl (C=O) groups excluding carboxylic acids is 1. The van der Waals surface area contributed by atoms with Crippen LogP contribution in [0.4, 0.5) is 0 Å². The number of hydrogen-bond donors (Lipinski definition) is 1. The quantitative estimate of drug-likeness (QED) is 0.740. The van der Waals surface area contributed by atoms with Gasteiger partial charge < -0.3 is 29.4 Å². The van der Waals surface area contributed by atoms with E-state index in [2.05, 4.69) is 4.74 Å². The number of carbonyl (C=O) groups is 1. The van der Waals surface area contributed by atoms with Crippen molar-refractivity contribution < 1.29 is 28.5 Å². The molecule has 0 aromatic rings. The smallest absolute Gasteiger partial charge is 0.325 e. The van der Waals surface area contributed by atoms with Crippen LogP contribution in [0.3, 0.4) is 0 Å². The molecule has 0 bridgehead atoms. The highest BCUT2D eigenvalue weighted by atomic mass is 16.8. The van der Waals surface area contributed by atoms with E-state index >= 15 is 0 Å². The summed E-state index contributed by atoms with van der Waals surface area (Å²) in [6.07, 6.45) is -1.46. The van der Waals surface area contributed by atoms with E-state index in [1.54, 1.807) is 13.8 Å². The van der Waals surface area contributed by atoms with Gasteiger partial charge in [-0.2, -0.15) is 0 Å². The number of ether oxygens (including phenoxy) is 5. The zero-order valence-corrected chi connectivity index (χ0v) is 12.5. The maximum absolute atomic E-state index is 11.6. The predicted molar refractivity (Wildman–Crippen MR) is 68.7 cm³/mol. The van der Waals surface area contributed by atoms with Gasteiger partial charge in [0.25, 0.3) is 0 Å². The molecule has 20 heavy (non-hydrogen) atoms. The van der Waals surface area contributed by atoms with Crippen molar-refractivity contribution in [2.45, 2.75) is 63.6 Å². The first-order chi connectivity index (χ1) is 9.15. The van der Waals surface area contributed by atoms with Crippen molar-refractivity contribution in [3.05, 3.63) is 0 Å². The van der Waals surface area contributed by atoms with E-state index in [4.69, 9.17) is 24.7 Å². The van der Waals surface area contributed by atoms with Crippen LogP contribution in [0.2, 0.25) is 0 Å². The topological polar surface area (TPSA) is 89.2 Å². The van der Waals surface area contributed by atoms with Crippen LogP contribution in [-0.4, -0.2) is 55.6 Å². The molecule has 7 heteroatoms. The molecule has 0 unspecified atom stereocenters. The van der Waals surface area contributed by atoms with E-state index < -0.39 is 35.8 Å². The van der Waals surface area contributed by atoms with Gasteiger partial charge in [0.05, 0.1) is 13.7 Å². The van der Waals surface area contributed by atoms with E-state index in [1.807, 2.05) is 13.8 Å². The van der Waals surface area contributed by atoms with Crippen LogP contribution in [0.1, 0.15) is 27.7 Å². The molecule has 0 aromatic carbocycles. The number of methoxy groups -OCH3 is 1. The van der Waals surface area contributed by atoms with Gasteiger partial charge in [-0.3, -0.25) is 4.79 Å². The van der Waals surface area contributed by atoms with Gasteiger partial charge in [0.2, 0.25) is 0 Å². The Labute approximate surface area is 118 Å². The van der Waals surface area contributed by atoms with Gasteiger partial charge in [0, 0.05) is 0 Å². The fourth-order valence-corrected chi connectivity index (χ4v) is 2.53. The molecule has 0 aromatic heterocycles. The van der Waals surface area contributed by atoms with Crippen molar-refractivity contribution in [2.24, 2.45) is 5.73 Å². The summed E-state index contributed by atoms with van der Waals surface area (Å²) in [6.45, 7) is 7.55. The fraction of sp³-hybridized carbons (Fsp3) is 0.923. The molecule has 4 atom stereocenters. The Kier molecular flexibility index (Phi) is 4.10. The summed E-state index contributed by atoms with van der Waals surface area (Å²) in [5.74, 6) is -2.06. The third kappa shape index (κ3) is 3.12. The molecule has 2 saturated heterocycles. The molecule has 116 valence electrons. The molecule has 7 nitrogen and oxygen atoms in total. The number of esters is 1. The minimum atomic E-state index is -0.931. The van der Waals surface area contributed by atoms with E-state index in [9.17, 15) is 4.79 Å². The minimum absolute atomic E-state index is 0.340. The molecule has 2 rings (SSSR count). The molecular formula is C13H23NO6. The standard InChI is InChI=1S/C13H23NO6/c1-12(2)17-6-7(18-12)9-10(8(14)11(15)16-5)20-13(3,4)19-9/h7-10H,6,14H2,1-5H3/t7-,8+,9-,10-/m1/s1. The first-order valence-electron chi connectivity index (χ1n) is 6.66. The first kappa shape index (κ1) is 15.7. The van der Waals surface area contributed by atoms with E-state index in [1.165, 1.54) is 7.11 Å². The van der Waals surface area contributed by atoms with Crippen molar-refractivity contribution in [2.75, 3.05) is 13.7 Å². The van der Waals surface area contributed by atoms with E-state index in [0.29, 0.717) is 6.61 Å². The zero-order valence-electron chi connectivity index (χ0n) is 12.5. The Morgan fingerprint density at radius 1 is 1.20 bits per heavy atom. The highest BCUT2D eigenvalue weighted by Crippen LogP contribution is 2.36. The second-order valence-electron chi connectivity index (χ2n) is 5.98. The van der Waals surface area contributed by atoms with Crippen LogP contribution in [0.25, 0.3) is 0 Å². The third-order valence-corrected chi connectivity index (χ3v) is 3.39. The number of nitrogens with two attached hydrogens (primary N) is 1. The SMILES string of the molecule is COC(=O)[C@@H](N)[C@H]1OC(C)(C)O[C@@H]1[C@H]1COC(C)(C)O1. The third-order valence-electron chi connectivity index (χ3n) is 3.39. The largest absolute Gasteiger partial charge is 0.468 e. The molecule has 0 aliphatic carbocycles. The minimum Gasteiger partial charge on any atom is -0.468 e. The van der Waals surface area contributed by atoms with Crippen LogP contribution in [-0.2, 0) is 28.5 Å². The van der Waals surface area contributed by atoms with Crippen LogP contribution in [0, 0.1) is 0 Å². The monoisotopic (exact) mass is 289 g/mol. The Hall–Kier alpha value is -0.730. The molecule has 2 aliphatic heterocycles. The van der Waals surface area contributed by atoms with Crippen molar-refractivity contribution >= 4 is 5.97 Å². The van der Waals surface area contributed by atoms with Gasteiger partial charge in [-0.05, 0) is 27.7 Å². The van der Waals surface area contributed by atoms with Crippen LogP contribution < -0.4 is 5.73 Å². The summed E-state index contributed by atoms with van der Waals surface area (Å²) in [5.41, 5.74) is 5.90. The lowest BCUT2D eigenvalue weighted by Crippen LogP contribution is -2.51. The van der Waals surface area contributed by atoms with Crippen molar-refractivity contribution in [1.82, 2.24) is 0 Å². The molecule has 2 heterocycles. The van der Waals surface area contributed by atoms with Gasteiger partial charge in [0.15, 0.2) is 11.6 Å². The molecule has 2 fully saturated rings. The predicted octanol–water partition coefficient (Wildman–Crippen LogP) is 0.158. The van der Waals surface area contributed by atoms with Gasteiger partial charge >= 0.3 is 5.97 Å². The second-order valence-corrected chi connectivity index (χ2v) is 5.98. The maximum atomic E-state index is 11.6. The average Bonchev–Trinajstić information content (AvgIpc) is 2.86. The summed E-state index contributed by atoms with van der Waals surface area (Å²) in [7, 11) is 1.29. The summed E-state index contributed by atoms with van der Waals surface area (Å²) in [4.78, 5) is 11.6. The summed E-state index contributed by atoms with van der Waals surface area (Å²) in [5, 5.41) is 0. The van der Waals surface area contributed by atoms with Gasteiger partial charge in [0.1, 0.15) is 24.4 Å². The molecule has 0 radical (unpaired) electrons. The van der Waals surface area contributed by atoms with Gasteiger partial charge in [-0.25, -0.2) is 0 Å². The lowest BCUT2D eigenvalue weighted by atomic mass is 10.0. The summed E-state index contributed by atoms with van der Waals surface area (Å²) in [6, 6.07) is -0.931. The highest BCUT2D eigenvalue weighted by molar-refractivity contribution is 5.76. The zero-order chi connectivity index (χ0) is 15.1. The average molecular weight is 289 g/mol. The molecule has 0 saturated carbocycles. The van der Waals surface area contributed by atoms with Gasteiger partial charge in [-0.15, -0.1) is 0 Å². The molecule has 2 aliphatic rings. The van der Waals surface area contributed by atoms with Crippen LogP contribution in [0.5, 0.6) is 0 Å². The lowest BCUT2D eigenvalue weighted by Gasteiger charge is -2.25. The Bertz CT molecular complexity index is 383. The molecule has 2 N–H and O–H groups in total. The van der Waals surface area contributed by atoms with Crippen molar-refractivity contribution in [1.29, 1.82) is 0 Å². The van der Waals surface area contributed by atoms with Crippen LogP contribution in [0.15, 0.2) is 0 Å². The number of rotatable bonds is 3. The highest BCUT2D eigenvalue weighted by Gasteiger charge is 2.53. The lowest BCUT2D eigenvalue weighted by molar-refractivity contribution is -0.175. The van der Waals surface area contributed by atoms with Crippen molar-refractivity contribution in [3.63, 3.8) is 0 Å². The van der Waals surface area contributed by atoms with Crippen LogP contribution >= 0.6 is 0 Å². The molecular weight excluding hydrogens is 266 g/mol. The second kappa shape index (κ2) is 5.23. The van der Waals surface area contributed by atoms with Crippen molar-refractivity contribution in [3.8, 4) is 0 Å². The maximum Gasteiger partial charge on any atom is 0.325 e. The van der Waals surface area contributed by atoms with E-state index in [0.717, 1.165) is 0 Å². The van der Waals surface area contributed by atoms with E-state index in [-0.39, 0.29) is 6.10 Å². The first-order valence-corrected chi connectivity index (χ1v) is 6.66. The molecule has 0 spiro atoms. The summed E-state index contributed by atoms with van der Waals surface area (Å²) < 4.78 is 27.6.